The zero-order valence-electron chi connectivity index (χ0n) is 15.7. The molecule has 2 heterocycles. The summed E-state index contributed by atoms with van der Waals surface area (Å²) in [6.07, 6.45) is 1.43. The van der Waals surface area contributed by atoms with E-state index in [0.29, 0.717) is 18.7 Å². The van der Waals surface area contributed by atoms with E-state index in [-0.39, 0.29) is 17.8 Å². The molecule has 0 aliphatic carbocycles. The smallest absolute Gasteiger partial charge is 0.282 e. The van der Waals surface area contributed by atoms with Gasteiger partial charge >= 0.3 is 0 Å². The van der Waals surface area contributed by atoms with E-state index in [1.165, 1.54) is 5.56 Å². The number of aryl methyl sites for hydroxylation is 2. The lowest BCUT2D eigenvalue weighted by Gasteiger charge is -2.07. The summed E-state index contributed by atoms with van der Waals surface area (Å²) in [7, 11) is 0. The maximum atomic E-state index is 12.3. The first-order valence-electron chi connectivity index (χ1n) is 9.44. The molecule has 1 amide bonds. The van der Waals surface area contributed by atoms with Gasteiger partial charge in [-0.2, -0.15) is 0 Å². The molecule has 0 radical (unpaired) electrons. The number of aromatic nitrogens is 1. The molecule has 3 aromatic rings. The molecule has 7 heteroatoms. The molecule has 4 rings (SSSR count). The number of hydrazine groups is 1. The molecule has 1 saturated heterocycles. The highest BCUT2D eigenvalue weighted by atomic mass is 16.3. The number of hydrogen-bond donors (Lipinski definition) is 3. The van der Waals surface area contributed by atoms with Crippen LogP contribution in [0.1, 0.15) is 18.9 Å². The standard InChI is InChI=1S/C21H23N5O2/c1-14-13-17(23-22-14)20(27)25-24-19-16-9-5-6-10-18(16)26(21(19)28)12-11-15-7-3-2-4-8-15/h2-10,14,17,22-23,28H,11-13H2,1H3. The van der Waals surface area contributed by atoms with Gasteiger partial charge in [-0.3, -0.25) is 10.2 Å². The lowest BCUT2D eigenvalue weighted by atomic mass is 10.1. The summed E-state index contributed by atoms with van der Waals surface area (Å²) in [5.41, 5.74) is 8.30. The van der Waals surface area contributed by atoms with Crippen molar-refractivity contribution in [1.29, 1.82) is 0 Å². The molecular weight excluding hydrogens is 354 g/mol. The van der Waals surface area contributed by atoms with Crippen molar-refractivity contribution in [3.8, 4) is 5.88 Å². The molecule has 2 atom stereocenters. The van der Waals surface area contributed by atoms with E-state index in [1.54, 1.807) is 0 Å². The number of amides is 1. The van der Waals surface area contributed by atoms with Crippen molar-refractivity contribution in [3.63, 3.8) is 0 Å². The number of azo groups is 1. The number of nitrogens with zero attached hydrogens (tertiary/aromatic N) is 3. The fraction of sp³-hybridized carbons (Fsp3) is 0.286. The van der Waals surface area contributed by atoms with Crippen LogP contribution in [0.5, 0.6) is 5.88 Å². The fourth-order valence-corrected chi connectivity index (χ4v) is 3.53. The van der Waals surface area contributed by atoms with Crippen LogP contribution in [0.4, 0.5) is 5.69 Å². The number of rotatable bonds is 5. The zero-order valence-corrected chi connectivity index (χ0v) is 15.7. The van der Waals surface area contributed by atoms with Gasteiger partial charge in [0.2, 0.25) is 5.88 Å². The Hall–Kier alpha value is -3.03. The summed E-state index contributed by atoms with van der Waals surface area (Å²) in [6.45, 7) is 2.59. The van der Waals surface area contributed by atoms with Crippen molar-refractivity contribution < 1.29 is 9.90 Å². The van der Waals surface area contributed by atoms with Crippen LogP contribution in [0.15, 0.2) is 64.8 Å². The number of hydrogen-bond acceptors (Lipinski definition) is 5. The van der Waals surface area contributed by atoms with Crippen LogP contribution < -0.4 is 10.9 Å². The van der Waals surface area contributed by atoms with Gasteiger partial charge in [0.1, 0.15) is 6.04 Å². The number of carbonyl (C=O) groups excluding carboxylic acids is 1. The lowest BCUT2D eigenvalue weighted by Crippen LogP contribution is -2.36. The first kappa shape index (κ1) is 18.3. The van der Waals surface area contributed by atoms with Crippen molar-refractivity contribution in [2.24, 2.45) is 10.2 Å². The second-order valence-electron chi connectivity index (χ2n) is 7.09. The molecule has 28 heavy (non-hydrogen) atoms. The molecule has 1 aromatic heterocycles. The van der Waals surface area contributed by atoms with Crippen molar-refractivity contribution in [3.05, 3.63) is 60.2 Å². The van der Waals surface area contributed by atoms with Crippen molar-refractivity contribution >= 4 is 22.5 Å². The Bertz CT molecular complexity index is 1010. The zero-order chi connectivity index (χ0) is 19.5. The largest absolute Gasteiger partial charge is 0.493 e. The topological polar surface area (TPSA) is 91.0 Å². The van der Waals surface area contributed by atoms with Gasteiger partial charge in [0.15, 0.2) is 5.69 Å². The third-order valence-electron chi connectivity index (χ3n) is 5.02. The normalized spacial score (nSPS) is 19.6. The fourth-order valence-electron chi connectivity index (χ4n) is 3.53. The predicted octanol–water partition coefficient (Wildman–Crippen LogP) is 3.45. The SMILES string of the molecule is CC1CC(C(=O)N=Nc2c(O)n(CCc3ccccc3)c3ccccc23)NN1. The van der Waals surface area contributed by atoms with E-state index in [0.717, 1.165) is 17.3 Å². The lowest BCUT2D eigenvalue weighted by molar-refractivity contribution is -0.120. The van der Waals surface area contributed by atoms with E-state index in [4.69, 9.17) is 0 Å². The van der Waals surface area contributed by atoms with Gasteiger partial charge in [-0.15, -0.1) is 10.2 Å². The van der Waals surface area contributed by atoms with E-state index < -0.39 is 6.04 Å². The van der Waals surface area contributed by atoms with Crippen LogP contribution in [-0.4, -0.2) is 27.7 Å². The summed E-state index contributed by atoms with van der Waals surface area (Å²) >= 11 is 0. The molecule has 2 aromatic carbocycles. The molecule has 1 fully saturated rings. The number of benzene rings is 2. The third-order valence-corrected chi connectivity index (χ3v) is 5.02. The van der Waals surface area contributed by atoms with E-state index in [1.807, 2.05) is 54.0 Å². The highest BCUT2D eigenvalue weighted by Gasteiger charge is 2.27. The molecule has 0 saturated carbocycles. The molecule has 144 valence electrons. The van der Waals surface area contributed by atoms with Gasteiger partial charge in [0.25, 0.3) is 5.91 Å². The first-order chi connectivity index (χ1) is 13.6. The second kappa shape index (κ2) is 7.92. The van der Waals surface area contributed by atoms with Crippen LogP contribution in [0.2, 0.25) is 0 Å². The third kappa shape index (κ3) is 3.67. The quantitative estimate of drug-likeness (QED) is 0.594. The number of para-hydroxylation sites is 1. The Morgan fingerprint density at radius 1 is 1.14 bits per heavy atom. The van der Waals surface area contributed by atoms with Crippen molar-refractivity contribution in [1.82, 2.24) is 15.4 Å². The minimum atomic E-state index is -0.396. The van der Waals surface area contributed by atoms with Gasteiger partial charge in [0, 0.05) is 18.0 Å². The summed E-state index contributed by atoms with van der Waals surface area (Å²) in [5, 5.41) is 19.5. The molecule has 1 aliphatic rings. The molecule has 3 N–H and O–H groups in total. The molecule has 0 spiro atoms. The van der Waals surface area contributed by atoms with Crippen LogP contribution in [-0.2, 0) is 17.8 Å². The second-order valence-corrected chi connectivity index (χ2v) is 7.09. The highest BCUT2D eigenvalue weighted by Crippen LogP contribution is 2.39. The van der Waals surface area contributed by atoms with Crippen LogP contribution in [0, 0.1) is 0 Å². The monoisotopic (exact) mass is 377 g/mol. The molecule has 7 nitrogen and oxygen atoms in total. The van der Waals surface area contributed by atoms with Crippen LogP contribution >= 0.6 is 0 Å². The summed E-state index contributed by atoms with van der Waals surface area (Å²) < 4.78 is 1.82. The summed E-state index contributed by atoms with van der Waals surface area (Å²) in [4.78, 5) is 12.3. The first-order valence-corrected chi connectivity index (χ1v) is 9.44. The van der Waals surface area contributed by atoms with Gasteiger partial charge in [-0.05, 0) is 31.4 Å². The van der Waals surface area contributed by atoms with E-state index in [9.17, 15) is 9.90 Å². The van der Waals surface area contributed by atoms with E-state index >= 15 is 0 Å². The van der Waals surface area contributed by atoms with Gasteiger partial charge in [-0.25, -0.2) is 5.43 Å². The Morgan fingerprint density at radius 3 is 2.64 bits per heavy atom. The molecule has 1 aliphatic heterocycles. The highest BCUT2D eigenvalue weighted by molar-refractivity contribution is 5.95. The Labute approximate surface area is 163 Å². The number of fused-ring (bicyclic) bond motifs is 1. The maximum Gasteiger partial charge on any atom is 0.282 e. The van der Waals surface area contributed by atoms with Crippen molar-refractivity contribution in [2.75, 3.05) is 0 Å². The Balaban J connectivity index is 1.60. The van der Waals surface area contributed by atoms with Gasteiger partial charge in [-0.1, -0.05) is 48.5 Å². The van der Waals surface area contributed by atoms with Crippen LogP contribution in [0.3, 0.4) is 0 Å². The minimum Gasteiger partial charge on any atom is -0.493 e. The molecule has 2 unspecified atom stereocenters. The minimum absolute atomic E-state index is 0.0274. The summed E-state index contributed by atoms with van der Waals surface area (Å²) in [6, 6.07) is 17.5. The number of carbonyl (C=O) groups is 1. The van der Waals surface area contributed by atoms with Gasteiger partial charge in [0.05, 0.1) is 5.52 Å². The summed E-state index contributed by atoms with van der Waals surface area (Å²) in [5.74, 6) is -0.322. The maximum absolute atomic E-state index is 12.3. The Kier molecular flexibility index (Phi) is 5.18. The molecular formula is C21H23N5O2. The van der Waals surface area contributed by atoms with E-state index in [2.05, 4.69) is 33.2 Å². The Morgan fingerprint density at radius 2 is 1.89 bits per heavy atom. The number of nitrogens with one attached hydrogen (secondary N) is 2. The predicted molar refractivity (Wildman–Crippen MR) is 107 cm³/mol. The average molecular weight is 377 g/mol. The van der Waals surface area contributed by atoms with Crippen molar-refractivity contribution in [2.45, 2.75) is 38.4 Å². The average Bonchev–Trinajstić information content (AvgIpc) is 3.26. The molecule has 0 bridgehead atoms. The number of aromatic hydroxyl groups is 1. The van der Waals surface area contributed by atoms with Gasteiger partial charge < -0.3 is 9.67 Å². The van der Waals surface area contributed by atoms with Crippen LogP contribution in [0.25, 0.3) is 10.9 Å².